The van der Waals surface area contributed by atoms with Crippen molar-refractivity contribution in [3.05, 3.63) is 150 Å². The zero-order chi connectivity index (χ0) is 44.9. The fourth-order valence-electron chi connectivity index (χ4n) is 11.6. The Labute approximate surface area is 388 Å². The summed E-state index contributed by atoms with van der Waals surface area (Å²) in [7, 11) is 0. The Hall–Kier alpha value is -6.76. The van der Waals surface area contributed by atoms with Crippen LogP contribution in [0.4, 0.5) is 11.4 Å². The second kappa shape index (κ2) is 12.6. The molecular formula is C60H49BN2O2S. The molecule has 0 N–H and O–H groups in total. The van der Waals surface area contributed by atoms with Crippen LogP contribution in [0.25, 0.3) is 103 Å². The number of hydrogen-bond donors (Lipinski definition) is 0. The average Bonchev–Trinajstić information content (AvgIpc) is 4.04. The lowest BCUT2D eigenvalue weighted by molar-refractivity contribution is 0.587. The minimum atomic E-state index is -0.195. The van der Waals surface area contributed by atoms with Gasteiger partial charge in [0.15, 0.2) is 0 Å². The Morgan fingerprint density at radius 3 is 1.88 bits per heavy atom. The molecule has 0 radical (unpaired) electrons. The Morgan fingerprint density at radius 2 is 1.11 bits per heavy atom. The van der Waals surface area contributed by atoms with Gasteiger partial charge >= 0.3 is 6.85 Å². The van der Waals surface area contributed by atoms with Crippen LogP contribution in [-0.4, -0.2) is 11.4 Å². The molecule has 0 amide bonds. The number of anilines is 2. The number of para-hydroxylation sites is 1. The van der Waals surface area contributed by atoms with Crippen molar-refractivity contribution >= 4 is 126 Å². The molecule has 0 atom stereocenters. The predicted octanol–water partition coefficient (Wildman–Crippen LogP) is 16.1. The van der Waals surface area contributed by atoms with Crippen molar-refractivity contribution in [3.8, 4) is 16.8 Å². The highest BCUT2D eigenvalue weighted by Crippen LogP contribution is 2.54. The lowest BCUT2D eigenvalue weighted by Crippen LogP contribution is -2.60. The first-order valence-electron chi connectivity index (χ1n) is 23.4. The topological polar surface area (TPSA) is 34.5 Å². The van der Waals surface area contributed by atoms with Crippen LogP contribution in [0.3, 0.4) is 0 Å². The van der Waals surface area contributed by atoms with Crippen LogP contribution in [-0.2, 0) is 16.2 Å². The van der Waals surface area contributed by atoms with E-state index in [1.165, 1.54) is 86.4 Å². The van der Waals surface area contributed by atoms with Gasteiger partial charge < -0.3 is 18.2 Å². The van der Waals surface area contributed by atoms with Crippen molar-refractivity contribution in [2.75, 3.05) is 4.81 Å². The van der Waals surface area contributed by atoms with Crippen LogP contribution in [0.1, 0.15) is 79.0 Å². The lowest BCUT2D eigenvalue weighted by atomic mass is 9.43. The minimum Gasteiger partial charge on any atom is -0.456 e. The van der Waals surface area contributed by atoms with Crippen LogP contribution < -0.4 is 15.7 Å². The maximum absolute atomic E-state index is 6.98. The number of thiophene rings is 1. The highest BCUT2D eigenvalue weighted by Gasteiger charge is 2.46. The largest absolute Gasteiger partial charge is 0.456 e. The first-order chi connectivity index (χ1) is 31.6. The molecule has 0 aliphatic carbocycles. The van der Waals surface area contributed by atoms with E-state index < -0.39 is 0 Å². The van der Waals surface area contributed by atoms with E-state index in [-0.39, 0.29) is 23.1 Å². The summed E-state index contributed by atoms with van der Waals surface area (Å²) in [4.78, 5) is 2.63. The molecule has 14 rings (SSSR count). The first-order valence-corrected chi connectivity index (χ1v) is 24.3. The molecule has 0 saturated carbocycles. The third-order valence-corrected chi connectivity index (χ3v) is 16.2. The van der Waals surface area contributed by atoms with E-state index in [4.69, 9.17) is 8.83 Å². The molecule has 0 fully saturated rings. The van der Waals surface area contributed by atoms with Crippen LogP contribution in [0.15, 0.2) is 142 Å². The number of nitrogens with zero attached hydrogens (tertiary/aromatic N) is 2. The summed E-state index contributed by atoms with van der Waals surface area (Å²) in [5, 5.41) is 9.84. The SMILES string of the molecule is CC(C)(C)c1ccc(N2B3c4cc5oc6ccccc6c5cc4-n4c5ccc(C(C)(C)C)cc5c5c6sc7ccccc7c6c(c3c54)-c3cc4c(cc32)oc2cc(C(C)(C)C)ccc24)cc1. The molecule has 6 heterocycles. The number of furan rings is 2. The maximum atomic E-state index is 6.98. The van der Waals surface area contributed by atoms with E-state index in [9.17, 15) is 0 Å². The third kappa shape index (κ3) is 5.06. The zero-order valence-electron chi connectivity index (χ0n) is 38.9. The van der Waals surface area contributed by atoms with E-state index in [2.05, 4.69) is 205 Å². The molecule has 0 saturated heterocycles. The molecular weight excluding hydrogens is 824 g/mol. The molecule has 0 spiro atoms. The second-order valence-electron chi connectivity index (χ2n) is 22.1. The molecule has 12 aromatic rings. The Morgan fingerprint density at radius 1 is 0.485 bits per heavy atom. The molecule has 8 aromatic carbocycles. The van der Waals surface area contributed by atoms with Gasteiger partial charge in [0.2, 0.25) is 0 Å². The lowest BCUT2D eigenvalue weighted by Gasteiger charge is -2.42. The molecule has 2 aliphatic heterocycles. The molecule has 320 valence electrons. The van der Waals surface area contributed by atoms with E-state index in [1.807, 2.05) is 11.3 Å². The van der Waals surface area contributed by atoms with Gasteiger partial charge in [0, 0.05) is 81.2 Å². The smallest absolute Gasteiger partial charge is 0.333 e. The second-order valence-corrected chi connectivity index (χ2v) is 23.2. The van der Waals surface area contributed by atoms with Crippen molar-refractivity contribution < 1.29 is 8.83 Å². The fraction of sp³-hybridized carbons (Fsp3) is 0.200. The van der Waals surface area contributed by atoms with E-state index in [0.717, 1.165) is 55.3 Å². The van der Waals surface area contributed by atoms with Gasteiger partial charge in [-0.05, 0) is 110 Å². The number of hydrogen-bond acceptors (Lipinski definition) is 4. The maximum Gasteiger partial charge on any atom is 0.333 e. The summed E-state index contributed by atoms with van der Waals surface area (Å²) < 4.78 is 19.1. The summed E-state index contributed by atoms with van der Waals surface area (Å²) in [5.41, 5.74) is 18.6. The summed E-state index contributed by atoms with van der Waals surface area (Å²) in [6, 6.07) is 50.6. The van der Waals surface area contributed by atoms with Crippen molar-refractivity contribution in [2.45, 2.75) is 78.6 Å². The van der Waals surface area contributed by atoms with Crippen LogP contribution in [0.2, 0.25) is 0 Å². The van der Waals surface area contributed by atoms with Gasteiger partial charge in [-0.2, -0.15) is 0 Å². The van der Waals surface area contributed by atoms with Crippen LogP contribution >= 0.6 is 11.3 Å². The predicted molar refractivity (Wildman–Crippen MR) is 283 cm³/mol. The highest BCUT2D eigenvalue weighted by molar-refractivity contribution is 7.27. The summed E-state index contributed by atoms with van der Waals surface area (Å²) in [6.07, 6.45) is 0. The standard InChI is InChI=1S/C60H49BN2O2S/c1-58(2,3)32-18-22-35(23-19-32)63-45-31-50-39(37-24-20-34(60(7,8)9)27-48(37)65-50)28-42(45)52-53-38-15-11-13-17-51(38)66-57(53)54-41-26-33(59(4,5)6)21-25-44(41)62-46-29-40-36-14-10-12-16-47(36)64-49(40)30-43(46)61(63)55(52)56(54)62/h10-31H,1-9H3. The van der Waals surface area contributed by atoms with Crippen LogP contribution in [0.5, 0.6) is 0 Å². The minimum absolute atomic E-state index is 0.00619. The Kier molecular flexibility index (Phi) is 7.33. The quantitative estimate of drug-likeness (QED) is 0.154. The third-order valence-electron chi connectivity index (χ3n) is 15.0. The number of aromatic nitrogens is 1. The number of benzene rings is 8. The van der Waals surface area contributed by atoms with E-state index >= 15 is 0 Å². The Bertz CT molecular complexity index is 4120. The van der Waals surface area contributed by atoms with Crippen molar-refractivity contribution in [2.24, 2.45) is 0 Å². The van der Waals surface area contributed by atoms with Crippen molar-refractivity contribution in [1.82, 2.24) is 4.57 Å². The zero-order valence-corrected chi connectivity index (χ0v) is 39.7. The van der Waals surface area contributed by atoms with Crippen molar-refractivity contribution in [3.63, 3.8) is 0 Å². The van der Waals surface area contributed by atoms with Gasteiger partial charge in [0.05, 0.1) is 11.0 Å². The first kappa shape index (κ1) is 38.5. The summed E-state index contributed by atoms with van der Waals surface area (Å²) >= 11 is 1.94. The highest BCUT2D eigenvalue weighted by atomic mass is 32.1. The molecule has 66 heavy (non-hydrogen) atoms. The summed E-state index contributed by atoms with van der Waals surface area (Å²) in [6.45, 7) is 20.5. The Balaban J connectivity index is 1.22. The van der Waals surface area contributed by atoms with Gasteiger partial charge in [-0.1, -0.05) is 129 Å². The van der Waals surface area contributed by atoms with E-state index in [0.29, 0.717) is 0 Å². The monoisotopic (exact) mass is 872 g/mol. The molecule has 0 bridgehead atoms. The van der Waals surface area contributed by atoms with Crippen molar-refractivity contribution in [1.29, 1.82) is 0 Å². The fourth-order valence-corrected chi connectivity index (χ4v) is 12.9. The molecule has 4 aromatic heterocycles. The normalized spacial score (nSPS) is 14.1. The average molecular weight is 873 g/mol. The van der Waals surface area contributed by atoms with Gasteiger partial charge in [0.25, 0.3) is 0 Å². The number of rotatable bonds is 1. The molecule has 0 unspecified atom stereocenters. The van der Waals surface area contributed by atoms with Gasteiger partial charge in [-0.25, -0.2) is 0 Å². The summed E-state index contributed by atoms with van der Waals surface area (Å²) in [5.74, 6) is 0. The van der Waals surface area contributed by atoms with Gasteiger partial charge in [-0.3, -0.25) is 0 Å². The van der Waals surface area contributed by atoms with E-state index in [1.54, 1.807) is 0 Å². The molecule has 4 nitrogen and oxygen atoms in total. The van der Waals surface area contributed by atoms with Gasteiger partial charge in [-0.15, -0.1) is 11.3 Å². The van der Waals surface area contributed by atoms with Crippen LogP contribution in [0, 0.1) is 0 Å². The molecule has 6 heteroatoms. The van der Waals surface area contributed by atoms with Gasteiger partial charge in [0.1, 0.15) is 22.3 Å². The number of fused-ring (bicyclic) bond motifs is 19. The molecule has 2 aliphatic rings.